The van der Waals surface area contributed by atoms with Crippen molar-refractivity contribution in [2.75, 3.05) is 7.05 Å². The van der Waals surface area contributed by atoms with Crippen LogP contribution >= 0.6 is 11.6 Å². The maximum Gasteiger partial charge on any atom is 0.0589 e. The van der Waals surface area contributed by atoms with Crippen molar-refractivity contribution in [3.8, 4) is 0 Å². The molecule has 3 heteroatoms. The van der Waals surface area contributed by atoms with Gasteiger partial charge in [0.25, 0.3) is 0 Å². The summed E-state index contributed by atoms with van der Waals surface area (Å²) in [6.45, 7) is 0. The van der Waals surface area contributed by atoms with Crippen LogP contribution in [0.15, 0.2) is 18.3 Å². The monoisotopic (exact) mass is 238 g/mol. The van der Waals surface area contributed by atoms with Crippen molar-refractivity contribution in [1.29, 1.82) is 0 Å². The van der Waals surface area contributed by atoms with Gasteiger partial charge in [-0.05, 0) is 37.9 Å². The molecule has 0 bridgehead atoms. The summed E-state index contributed by atoms with van der Waals surface area (Å²) in [4.78, 5) is 4.43. The molecule has 1 aromatic heterocycles. The van der Waals surface area contributed by atoms with Crippen LogP contribution in [0.4, 0.5) is 0 Å². The van der Waals surface area contributed by atoms with Gasteiger partial charge in [-0.3, -0.25) is 4.98 Å². The molecule has 0 amide bonds. The predicted molar refractivity (Wildman–Crippen MR) is 67.6 cm³/mol. The van der Waals surface area contributed by atoms with Crippen LogP contribution in [0.1, 0.15) is 43.8 Å². The molecule has 1 aliphatic carbocycles. The summed E-state index contributed by atoms with van der Waals surface area (Å²) < 4.78 is 0. The molecule has 0 aromatic carbocycles. The second-order valence-electron chi connectivity index (χ2n) is 4.57. The topological polar surface area (TPSA) is 24.9 Å². The summed E-state index contributed by atoms with van der Waals surface area (Å²) in [6.07, 6.45) is 8.48. The first-order valence-corrected chi connectivity index (χ1v) is 6.48. The average molecular weight is 239 g/mol. The molecule has 0 saturated heterocycles. The van der Waals surface area contributed by atoms with E-state index in [0.717, 1.165) is 11.6 Å². The standard InChI is InChI=1S/C13H19ClN2/c1-15-13(10-5-3-2-4-6-10)12-8-7-11(14)9-16-12/h7-10,13,15H,2-6H2,1H3. The van der Waals surface area contributed by atoms with Gasteiger partial charge in [-0.2, -0.15) is 0 Å². The van der Waals surface area contributed by atoms with Gasteiger partial charge < -0.3 is 5.32 Å². The zero-order chi connectivity index (χ0) is 11.4. The van der Waals surface area contributed by atoms with Gasteiger partial charge in [-0.15, -0.1) is 0 Å². The first kappa shape index (κ1) is 11.9. The minimum atomic E-state index is 0.387. The SMILES string of the molecule is CNC(c1ccc(Cl)cn1)C1CCCCC1. The van der Waals surface area contributed by atoms with Gasteiger partial charge in [-0.25, -0.2) is 0 Å². The Labute approximate surface area is 102 Å². The molecule has 88 valence electrons. The van der Waals surface area contributed by atoms with Gasteiger partial charge >= 0.3 is 0 Å². The molecule has 0 aliphatic heterocycles. The molecule has 2 rings (SSSR count). The summed E-state index contributed by atoms with van der Waals surface area (Å²) in [5.74, 6) is 0.729. The van der Waals surface area contributed by atoms with Crippen LogP contribution in [-0.2, 0) is 0 Å². The molecule has 2 nitrogen and oxygen atoms in total. The third-order valence-corrected chi connectivity index (χ3v) is 3.72. The Morgan fingerprint density at radius 1 is 1.31 bits per heavy atom. The number of pyridine rings is 1. The second-order valence-corrected chi connectivity index (χ2v) is 5.00. The third kappa shape index (κ3) is 2.74. The number of hydrogen-bond acceptors (Lipinski definition) is 2. The fourth-order valence-corrected chi connectivity index (χ4v) is 2.78. The van der Waals surface area contributed by atoms with Crippen LogP contribution in [0.2, 0.25) is 5.02 Å². The largest absolute Gasteiger partial charge is 0.311 e. The molecule has 1 heterocycles. The quantitative estimate of drug-likeness (QED) is 0.871. The molecule has 0 spiro atoms. The van der Waals surface area contributed by atoms with E-state index in [-0.39, 0.29) is 0 Å². The van der Waals surface area contributed by atoms with E-state index >= 15 is 0 Å². The van der Waals surface area contributed by atoms with E-state index in [9.17, 15) is 0 Å². The van der Waals surface area contributed by atoms with E-state index in [1.807, 2.05) is 19.2 Å². The van der Waals surface area contributed by atoms with Gasteiger partial charge in [0.05, 0.1) is 16.8 Å². The van der Waals surface area contributed by atoms with E-state index in [2.05, 4.69) is 10.3 Å². The molecule has 1 aromatic rings. The van der Waals surface area contributed by atoms with Crippen molar-refractivity contribution in [1.82, 2.24) is 10.3 Å². The van der Waals surface area contributed by atoms with Crippen molar-refractivity contribution in [3.63, 3.8) is 0 Å². The van der Waals surface area contributed by atoms with Gasteiger partial charge in [0, 0.05) is 6.20 Å². The number of nitrogens with one attached hydrogen (secondary N) is 1. The summed E-state index contributed by atoms with van der Waals surface area (Å²) >= 11 is 5.86. The second kappa shape index (κ2) is 5.65. The van der Waals surface area contributed by atoms with Crippen LogP contribution in [-0.4, -0.2) is 12.0 Å². The summed E-state index contributed by atoms with van der Waals surface area (Å²) in [6, 6.07) is 4.35. The highest BCUT2D eigenvalue weighted by Gasteiger charge is 2.24. The molecule has 1 aliphatic rings. The summed E-state index contributed by atoms with van der Waals surface area (Å²) in [7, 11) is 2.02. The first-order valence-electron chi connectivity index (χ1n) is 6.10. The Hall–Kier alpha value is -0.600. The van der Waals surface area contributed by atoms with Gasteiger partial charge in [0.15, 0.2) is 0 Å². The van der Waals surface area contributed by atoms with Crippen LogP contribution in [0.5, 0.6) is 0 Å². The van der Waals surface area contributed by atoms with Crippen molar-refractivity contribution in [2.24, 2.45) is 5.92 Å². The predicted octanol–water partition coefficient (Wildman–Crippen LogP) is 3.58. The van der Waals surface area contributed by atoms with Crippen molar-refractivity contribution in [3.05, 3.63) is 29.0 Å². The number of nitrogens with zero attached hydrogens (tertiary/aromatic N) is 1. The van der Waals surface area contributed by atoms with Gasteiger partial charge in [0.1, 0.15) is 0 Å². The van der Waals surface area contributed by atoms with Crippen LogP contribution in [0, 0.1) is 5.92 Å². The van der Waals surface area contributed by atoms with E-state index < -0.39 is 0 Å². The zero-order valence-corrected chi connectivity index (χ0v) is 10.5. The van der Waals surface area contributed by atoms with E-state index in [1.54, 1.807) is 6.20 Å². The Morgan fingerprint density at radius 2 is 2.06 bits per heavy atom. The fourth-order valence-electron chi connectivity index (χ4n) is 2.66. The van der Waals surface area contributed by atoms with Crippen molar-refractivity contribution < 1.29 is 0 Å². The smallest absolute Gasteiger partial charge is 0.0589 e. The van der Waals surface area contributed by atoms with Gasteiger partial charge in [0.2, 0.25) is 0 Å². The molecule has 16 heavy (non-hydrogen) atoms. The van der Waals surface area contributed by atoms with E-state index in [0.29, 0.717) is 11.1 Å². The van der Waals surface area contributed by atoms with Crippen LogP contribution in [0.25, 0.3) is 0 Å². The molecular formula is C13H19ClN2. The van der Waals surface area contributed by atoms with E-state index in [1.165, 1.54) is 32.1 Å². The summed E-state index contributed by atoms with van der Waals surface area (Å²) in [5.41, 5.74) is 1.12. The summed E-state index contributed by atoms with van der Waals surface area (Å²) in [5, 5.41) is 4.11. The lowest BCUT2D eigenvalue weighted by Gasteiger charge is -2.29. The number of halogens is 1. The molecular weight excluding hydrogens is 220 g/mol. The number of aromatic nitrogens is 1. The lowest BCUT2D eigenvalue weighted by molar-refractivity contribution is 0.278. The Bertz CT molecular complexity index is 317. The molecule has 1 atom stereocenters. The van der Waals surface area contributed by atoms with Crippen LogP contribution in [0.3, 0.4) is 0 Å². The average Bonchev–Trinajstić information content (AvgIpc) is 2.34. The Morgan fingerprint density at radius 3 is 2.62 bits per heavy atom. The number of hydrogen-bond donors (Lipinski definition) is 1. The van der Waals surface area contributed by atoms with Crippen molar-refractivity contribution in [2.45, 2.75) is 38.1 Å². The minimum absolute atomic E-state index is 0.387. The molecule has 1 N–H and O–H groups in total. The molecule has 1 fully saturated rings. The highest BCUT2D eigenvalue weighted by molar-refractivity contribution is 6.30. The minimum Gasteiger partial charge on any atom is -0.311 e. The zero-order valence-electron chi connectivity index (χ0n) is 9.75. The number of rotatable bonds is 3. The fraction of sp³-hybridized carbons (Fsp3) is 0.615. The highest BCUT2D eigenvalue weighted by Crippen LogP contribution is 2.33. The third-order valence-electron chi connectivity index (χ3n) is 3.50. The first-order chi connectivity index (χ1) is 7.81. The molecule has 1 saturated carbocycles. The van der Waals surface area contributed by atoms with E-state index in [4.69, 9.17) is 11.6 Å². The highest BCUT2D eigenvalue weighted by atomic mass is 35.5. The molecule has 0 radical (unpaired) electrons. The maximum atomic E-state index is 5.86. The lowest BCUT2D eigenvalue weighted by Crippen LogP contribution is -2.27. The van der Waals surface area contributed by atoms with Crippen molar-refractivity contribution >= 4 is 11.6 Å². The Kier molecular flexibility index (Phi) is 4.19. The lowest BCUT2D eigenvalue weighted by atomic mass is 9.82. The maximum absolute atomic E-state index is 5.86. The normalized spacial score (nSPS) is 19.6. The Balaban J connectivity index is 2.11. The van der Waals surface area contributed by atoms with Crippen LogP contribution < -0.4 is 5.32 Å². The van der Waals surface area contributed by atoms with Gasteiger partial charge in [-0.1, -0.05) is 30.9 Å². The molecule has 1 unspecified atom stereocenters.